The highest BCUT2D eigenvalue weighted by molar-refractivity contribution is 7.09. The number of aryl methyl sites for hydroxylation is 1. The van der Waals surface area contributed by atoms with E-state index in [1.165, 1.54) is 0 Å². The Hall–Kier alpha value is -1.43. The van der Waals surface area contributed by atoms with Crippen molar-refractivity contribution in [3.8, 4) is 0 Å². The zero-order chi connectivity index (χ0) is 13.8. The summed E-state index contributed by atoms with van der Waals surface area (Å²) in [4.78, 5) is 29.3. The first kappa shape index (κ1) is 14.0. The number of carbonyl (C=O) groups excluding carboxylic acids is 2. The third-order valence-electron chi connectivity index (χ3n) is 3.39. The van der Waals surface area contributed by atoms with Crippen molar-refractivity contribution < 1.29 is 9.59 Å². The van der Waals surface area contributed by atoms with Crippen LogP contribution in [0.5, 0.6) is 0 Å². The van der Waals surface area contributed by atoms with Gasteiger partial charge >= 0.3 is 0 Å². The number of nitrogens with zero attached hydrogens (tertiary/aromatic N) is 2. The minimum absolute atomic E-state index is 0.0247. The molecule has 5 nitrogen and oxygen atoms in total. The third-order valence-corrected chi connectivity index (χ3v) is 4.36. The zero-order valence-corrected chi connectivity index (χ0v) is 12.1. The van der Waals surface area contributed by atoms with E-state index in [0.29, 0.717) is 19.6 Å². The molecule has 19 heavy (non-hydrogen) atoms. The quantitative estimate of drug-likeness (QED) is 0.909. The monoisotopic (exact) mass is 281 g/mol. The fraction of sp³-hybridized carbons (Fsp3) is 0.615. The molecule has 6 heteroatoms. The minimum atomic E-state index is 0.0247. The Balaban J connectivity index is 1.77. The summed E-state index contributed by atoms with van der Waals surface area (Å²) in [6.45, 7) is 5.39. The number of piperidine rings is 1. The van der Waals surface area contributed by atoms with E-state index in [1.54, 1.807) is 23.2 Å². The Labute approximate surface area is 117 Å². The van der Waals surface area contributed by atoms with Crippen LogP contribution in [0.15, 0.2) is 5.38 Å². The number of hydrogen-bond donors (Lipinski definition) is 1. The van der Waals surface area contributed by atoms with E-state index in [-0.39, 0.29) is 17.7 Å². The average molecular weight is 281 g/mol. The molecule has 1 aromatic heterocycles. The maximum atomic E-state index is 12.0. The molecule has 0 spiro atoms. The van der Waals surface area contributed by atoms with Gasteiger partial charge in [-0.1, -0.05) is 0 Å². The standard InChI is InChI=1S/C13H19N3O2S/c1-9-8-19-12(15-9)7-14-13(18)11-3-5-16(6-4-11)10(2)17/h8,11H,3-7H2,1-2H3,(H,14,18). The van der Waals surface area contributed by atoms with Gasteiger partial charge < -0.3 is 10.2 Å². The molecule has 2 heterocycles. The molecule has 1 N–H and O–H groups in total. The van der Waals surface area contributed by atoms with Gasteiger partial charge in [-0.2, -0.15) is 0 Å². The van der Waals surface area contributed by atoms with Crippen LogP contribution >= 0.6 is 11.3 Å². The topological polar surface area (TPSA) is 62.3 Å². The molecular weight excluding hydrogens is 262 g/mol. The van der Waals surface area contributed by atoms with Crippen LogP contribution in [0.3, 0.4) is 0 Å². The molecule has 1 saturated heterocycles. The van der Waals surface area contributed by atoms with Crippen LogP contribution < -0.4 is 5.32 Å². The molecule has 1 aliphatic rings. The normalized spacial score (nSPS) is 16.4. The van der Waals surface area contributed by atoms with Crippen LogP contribution in [0.4, 0.5) is 0 Å². The Morgan fingerprint density at radius 3 is 2.68 bits per heavy atom. The zero-order valence-electron chi connectivity index (χ0n) is 11.3. The number of aromatic nitrogens is 1. The Morgan fingerprint density at radius 1 is 1.47 bits per heavy atom. The number of likely N-dealkylation sites (tertiary alicyclic amines) is 1. The summed E-state index contributed by atoms with van der Waals surface area (Å²) >= 11 is 1.56. The molecular formula is C13H19N3O2S. The fourth-order valence-corrected chi connectivity index (χ4v) is 2.96. The Morgan fingerprint density at radius 2 is 2.16 bits per heavy atom. The van der Waals surface area contributed by atoms with Crippen molar-refractivity contribution in [1.29, 1.82) is 0 Å². The molecule has 0 aliphatic carbocycles. The summed E-state index contributed by atoms with van der Waals surface area (Å²) in [7, 11) is 0. The number of carbonyl (C=O) groups is 2. The van der Waals surface area contributed by atoms with Gasteiger partial charge in [-0.3, -0.25) is 9.59 Å². The van der Waals surface area contributed by atoms with Crippen LogP contribution in [0.2, 0.25) is 0 Å². The molecule has 1 aromatic rings. The molecule has 1 aliphatic heterocycles. The van der Waals surface area contributed by atoms with Crippen LogP contribution in [0.25, 0.3) is 0 Å². The van der Waals surface area contributed by atoms with E-state index < -0.39 is 0 Å². The molecule has 0 radical (unpaired) electrons. The number of rotatable bonds is 3. The van der Waals surface area contributed by atoms with Gasteiger partial charge in [0.2, 0.25) is 11.8 Å². The summed E-state index contributed by atoms with van der Waals surface area (Å²) in [5.41, 5.74) is 0.990. The Bertz CT molecular complexity index is 464. The van der Waals surface area contributed by atoms with Crippen LogP contribution in [0, 0.1) is 12.8 Å². The molecule has 2 amide bonds. The van der Waals surface area contributed by atoms with E-state index in [1.807, 2.05) is 12.3 Å². The van der Waals surface area contributed by atoms with Gasteiger partial charge in [0.15, 0.2) is 0 Å². The second-order valence-corrected chi connectivity index (χ2v) is 5.82. The minimum Gasteiger partial charge on any atom is -0.349 e. The van der Waals surface area contributed by atoms with Crippen LogP contribution in [-0.2, 0) is 16.1 Å². The lowest BCUT2D eigenvalue weighted by Crippen LogP contribution is -2.42. The summed E-state index contributed by atoms with van der Waals surface area (Å²) < 4.78 is 0. The van der Waals surface area contributed by atoms with Crippen molar-refractivity contribution in [2.75, 3.05) is 13.1 Å². The first-order chi connectivity index (χ1) is 9.06. The molecule has 0 unspecified atom stereocenters. The van der Waals surface area contributed by atoms with Crippen molar-refractivity contribution in [2.24, 2.45) is 5.92 Å². The molecule has 2 rings (SSSR count). The van der Waals surface area contributed by atoms with Gasteiger partial charge in [0.05, 0.1) is 6.54 Å². The third kappa shape index (κ3) is 3.76. The molecule has 0 atom stereocenters. The average Bonchev–Trinajstić information content (AvgIpc) is 2.82. The first-order valence-electron chi connectivity index (χ1n) is 6.50. The van der Waals surface area contributed by atoms with Gasteiger partial charge in [-0.05, 0) is 19.8 Å². The van der Waals surface area contributed by atoms with Crippen molar-refractivity contribution >= 4 is 23.2 Å². The highest BCUT2D eigenvalue weighted by Gasteiger charge is 2.25. The van der Waals surface area contributed by atoms with E-state index in [2.05, 4.69) is 10.3 Å². The van der Waals surface area contributed by atoms with Gasteiger partial charge in [-0.25, -0.2) is 4.98 Å². The number of amides is 2. The van der Waals surface area contributed by atoms with Crippen LogP contribution in [0.1, 0.15) is 30.5 Å². The fourth-order valence-electron chi connectivity index (χ4n) is 2.25. The predicted molar refractivity (Wildman–Crippen MR) is 73.7 cm³/mol. The lowest BCUT2D eigenvalue weighted by molar-refractivity contribution is -0.134. The lowest BCUT2D eigenvalue weighted by atomic mass is 9.96. The highest BCUT2D eigenvalue weighted by atomic mass is 32.1. The van der Waals surface area contributed by atoms with Gasteiger partial charge in [-0.15, -0.1) is 11.3 Å². The van der Waals surface area contributed by atoms with E-state index in [4.69, 9.17) is 0 Å². The summed E-state index contributed by atoms with van der Waals surface area (Å²) in [6.07, 6.45) is 1.50. The number of hydrogen-bond acceptors (Lipinski definition) is 4. The van der Waals surface area contributed by atoms with Gasteiger partial charge in [0, 0.05) is 37.0 Å². The highest BCUT2D eigenvalue weighted by Crippen LogP contribution is 2.17. The van der Waals surface area contributed by atoms with Crippen molar-refractivity contribution in [3.05, 3.63) is 16.1 Å². The van der Waals surface area contributed by atoms with E-state index in [9.17, 15) is 9.59 Å². The number of nitrogens with one attached hydrogen (secondary N) is 1. The molecule has 1 fully saturated rings. The van der Waals surface area contributed by atoms with E-state index >= 15 is 0 Å². The SMILES string of the molecule is CC(=O)N1CCC(C(=O)NCc2nc(C)cs2)CC1. The second-order valence-electron chi connectivity index (χ2n) is 4.88. The lowest BCUT2D eigenvalue weighted by Gasteiger charge is -2.30. The summed E-state index contributed by atoms with van der Waals surface area (Å²) in [5.74, 6) is 0.199. The molecule has 0 saturated carbocycles. The predicted octanol–water partition coefficient (Wildman–Crippen LogP) is 1.33. The Kier molecular flexibility index (Phi) is 4.52. The second kappa shape index (κ2) is 6.14. The molecule has 0 aromatic carbocycles. The largest absolute Gasteiger partial charge is 0.349 e. The first-order valence-corrected chi connectivity index (χ1v) is 7.38. The maximum absolute atomic E-state index is 12.0. The van der Waals surface area contributed by atoms with Crippen molar-refractivity contribution in [2.45, 2.75) is 33.2 Å². The van der Waals surface area contributed by atoms with E-state index in [0.717, 1.165) is 23.5 Å². The van der Waals surface area contributed by atoms with Crippen molar-refractivity contribution in [1.82, 2.24) is 15.2 Å². The summed E-state index contributed by atoms with van der Waals surface area (Å²) in [6, 6.07) is 0. The van der Waals surface area contributed by atoms with Crippen molar-refractivity contribution in [3.63, 3.8) is 0 Å². The van der Waals surface area contributed by atoms with Gasteiger partial charge in [0.25, 0.3) is 0 Å². The van der Waals surface area contributed by atoms with Crippen LogP contribution in [-0.4, -0.2) is 34.8 Å². The molecule has 104 valence electrons. The summed E-state index contributed by atoms with van der Waals surface area (Å²) in [5, 5.41) is 5.85. The smallest absolute Gasteiger partial charge is 0.223 e. The molecule has 0 bridgehead atoms. The van der Waals surface area contributed by atoms with Gasteiger partial charge in [0.1, 0.15) is 5.01 Å². The number of thiazole rings is 1. The maximum Gasteiger partial charge on any atom is 0.223 e.